The van der Waals surface area contributed by atoms with E-state index in [0.717, 1.165) is 47.7 Å². The van der Waals surface area contributed by atoms with Crippen molar-refractivity contribution in [2.45, 2.75) is 33.4 Å². The van der Waals surface area contributed by atoms with E-state index in [2.05, 4.69) is 60.5 Å². The molecule has 0 aliphatic carbocycles. The third-order valence-corrected chi connectivity index (χ3v) is 4.74. The summed E-state index contributed by atoms with van der Waals surface area (Å²) < 4.78 is 7.86. The lowest BCUT2D eigenvalue weighted by atomic mass is 10.1. The Labute approximate surface area is 167 Å². The van der Waals surface area contributed by atoms with Crippen LogP contribution in [0.2, 0.25) is 0 Å². The van der Waals surface area contributed by atoms with Crippen LogP contribution in [0.1, 0.15) is 32.4 Å². The van der Waals surface area contributed by atoms with Crippen LogP contribution in [-0.2, 0) is 6.54 Å². The van der Waals surface area contributed by atoms with Gasteiger partial charge >= 0.3 is 0 Å². The van der Waals surface area contributed by atoms with Gasteiger partial charge in [-0.25, -0.2) is 9.67 Å². The molecule has 2 aromatic heterocycles. The normalized spacial score (nSPS) is 11.7. The molecular formula is C22H31N5O. The van der Waals surface area contributed by atoms with E-state index in [1.54, 1.807) is 0 Å². The number of aromatic nitrogens is 3. The zero-order valence-electron chi connectivity index (χ0n) is 17.6. The molecule has 0 unspecified atom stereocenters. The molecule has 0 aliphatic rings. The van der Waals surface area contributed by atoms with Gasteiger partial charge in [0, 0.05) is 37.3 Å². The van der Waals surface area contributed by atoms with Gasteiger partial charge in [-0.15, -0.1) is 0 Å². The van der Waals surface area contributed by atoms with Gasteiger partial charge in [-0.2, -0.15) is 5.10 Å². The summed E-state index contributed by atoms with van der Waals surface area (Å²) in [4.78, 5) is 7.25. The van der Waals surface area contributed by atoms with E-state index < -0.39 is 0 Å². The first kappa shape index (κ1) is 20.3. The number of hydrogen-bond donors (Lipinski definition) is 1. The van der Waals surface area contributed by atoms with Crippen LogP contribution in [0.15, 0.2) is 36.5 Å². The minimum atomic E-state index is 0.238. The van der Waals surface area contributed by atoms with Crippen molar-refractivity contribution >= 4 is 11.0 Å². The second-order valence-corrected chi connectivity index (χ2v) is 7.40. The molecular weight excluding hydrogens is 350 g/mol. The van der Waals surface area contributed by atoms with Gasteiger partial charge in [0.1, 0.15) is 5.75 Å². The molecule has 0 radical (unpaired) electrons. The second-order valence-electron chi connectivity index (χ2n) is 7.40. The number of benzene rings is 1. The van der Waals surface area contributed by atoms with E-state index >= 15 is 0 Å². The molecule has 0 spiro atoms. The summed E-state index contributed by atoms with van der Waals surface area (Å²) >= 11 is 0. The molecule has 6 heteroatoms. The summed E-state index contributed by atoms with van der Waals surface area (Å²) in [6, 6.07) is 10.9. The average molecular weight is 382 g/mol. The molecule has 0 amide bonds. The van der Waals surface area contributed by atoms with Crippen LogP contribution in [-0.4, -0.2) is 53.5 Å². The summed E-state index contributed by atoms with van der Waals surface area (Å²) in [5.74, 6) is 0.839. The Balaban J connectivity index is 1.98. The molecule has 28 heavy (non-hydrogen) atoms. The summed E-state index contributed by atoms with van der Waals surface area (Å²) in [5.41, 5.74) is 4.15. The van der Waals surface area contributed by atoms with Crippen LogP contribution < -0.4 is 10.1 Å². The van der Waals surface area contributed by atoms with Crippen LogP contribution in [0.3, 0.4) is 0 Å². The SMILES string of the molecule is CCOc1cc(-c2cccc(CN(C)CCNC)c2)nc2c1cnn2C(C)C. The third-order valence-electron chi connectivity index (χ3n) is 4.74. The topological polar surface area (TPSA) is 55.2 Å². The molecule has 1 N–H and O–H groups in total. The van der Waals surface area contributed by atoms with E-state index in [1.165, 1.54) is 5.56 Å². The van der Waals surface area contributed by atoms with Crippen LogP contribution in [0.4, 0.5) is 0 Å². The van der Waals surface area contributed by atoms with Crippen molar-refractivity contribution < 1.29 is 4.74 Å². The Bertz CT molecular complexity index is 918. The summed E-state index contributed by atoms with van der Waals surface area (Å²) in [6.07, 6.45) is 1.85. The molecule has 6 nitrogen and oxygen atoms in total. The molecule has 1 aromatic carbocycles. The molecule has 0 atom stereocenters. The third kappa shape index (κ3) is 4.51. The molecule has 3 aromatic rings. The maximum atomic E-state index is 5.90. The minimum Gasteiger partial charge on any atom is -0.493 e. The number of hydrogen-bond acceptors (Lipinski definition) is 5. The lowest BCUT2D eigenvalue weighted by molar-refractivity contribution is 0.328. The maximum Gasteiger partial charge on any atom is 0.162 e. The van der Waals surface area contributed by atoms with Gasteiger partial charge in [0.05, 0.1) is 23.9 Å². The number of fused-ring (bicyclic) bond motifs is 1. The van der Waals surface area contributed by atoms with E-state index in [4.69, 9.17) is 9.72 Å². The number of pyridine rings is 1. The standard InChI is InChI=1S/C22H31N5O/c1-6-28-21-13-20(25-22-19(21)14-24-27(22)16(2)3)18-9-7-8-17(12-18)15-26(5)11-10-23-4/h7-9,12-14,16,23H,6,10-11,15H2,1-5H3. The number of rotatable bonds is 9. The average Bonchev–Trinajstić information content (AvgIpc) is 3.11. The van der Waals surface area contributed by atoms with Crippen molar-refractivity contribution in [2.75, 3.05) is 33.8 Å². The Kier molecular flexibility index (Phi) is 6.65. The Hall–Kier alpha value is -2.44. The van der Waals surface area contributed by atoms with Crippen LogP contribution in [0.25, 0.3) is 22.3 Å². The molecule has 0 fully saturated rings. The van der Waals surface area contributed by atoms with Crippen molar-refractivity contribution in [3.8, 4) is 17.0 Å². The Morgan fingerprint density at radius 2 is 2.07 bits per heavy atom. The van der Waals surface area contributed by atoms with Gasteiger partial charge in [0.25, 0.3) is 0 Å². The van der Waals surface area contributed by atoms with Crippen molar-refractivity contribution in [3.05, 3.63) is 42.1 Å². The van der Waals surface area contributed by atoms with Crippen molar-refractivity contribution in [3.63, 3.8) is 0 Å². The minimum absolute atomic E-state index is 0.238. The van der Waals surface area contributed by atoms with E-state index in [0.29, 0.717) is 6.61 Å². The highest BCUT2D eigenvalue weighted by Crippen LogP contribution is 2.31. The zero-order valence-corrected chi connectivity index (χ0v) is 17.6. The highest BCUT2D eigenvalue weighted by molar-refractivity contribution is 5.85. The fourth-order valence-corrected chi connectivity index (χ4v) is 3.31. The largest absolute Gasteiger partial charge is 0.493 e. The Morgan fingerprint density at radius 1 is 1.25 bits per heavy atom. The lowest BCUT2D eigenvalue weighted by Crippen LogP contribution is -2.26. The number of nitrogens with one attached hydrogen (secondary N) is 1. The molecule has 150 valence electrons. The predicted octanol–water partition coefficient (Wildman–Crippen LogP) is 3.73. The highest BCUT2D eigenvalue weighted by atomic mass is 16.5. The fourth-order valence-electron chi connectivity index (χ4n) is 3.31. The van der Waals surface area contributed by atoms with Crippen LogP contribution in [0.5, 0.6) is 5.75 Å². The van der Waals surface area contributed by atoms with E-state index in [9.17, 15) is 0 Å². The first-order valence-corrected chi connectivity index (χ1v) is 9.97. The molecule has 0 saturated heterocycles. The monoisotopic (exact) mass is 381 g/mol. The second kappa shape index (κ2) is 9.17. The zero-order chi connectivity index (χ0) is 20.1. The summed E-state index contributed by atoms with van der Waals surface area (Å²) in [6.45, 7) is 9.73. The number of nitrogens with zero attached hydrogens (tertiary/aromatic N) is 4. The molecule has 0 bridgehead atoms. The van der Waals surface area contributed by atoms with Gasteiger partial charge in [-0.05, 0) is 46.5 Å². The molecule has 3 rings (SSSR count). The number of ether oxygens (including phenoxy) is 1. The van der Waals surface area contributed by atoms with E-state index in [1.807, 2.05) is 30.9 Å². The van der Waals surface area contributed by atoms with Crippen molar-refractivity contribution in [1.29, 1.82) is 0 Å². The highest BCUT2D eigenvalue weighted by Gasteiger charge is 2.15. The van der Waals surface area contributed by atoms with Gasteiger partial charge < -0.3 is 15.0 Å². The van der Waals surface area contributed by atoms with Crippen molar-refractivity contribution in [2.24, 2.45) is 0 Å². The van der Waals surface area contributed by atoms with Crippen LogP contribution >= 0.6 is 0 Å². The predicted molar refractivity (Wildman–Crippen MR) is 115 cm³/mol. The molecule has 2 heterocycles. The smallest absolute Gasteiger partial charge is 0.162 e. The number of likely N-dealkylation sites (N-methyl/N-ethyl adjacent to an activating group) is 2. The first-order chi connectivity index (χ1) is 13.5. The first-order valence-electron chi connectivity index (χ1n) is 9.97. The van der Waals surface area contributed by atoms with Crippen LogP contribution in [0, 0.1) is 0 Å². The van der Waals surface area contributed by atoms with Gasteiger partial charge in [-0.1, -0.05) is 18.2 Å². The maximum absolute atomic E-state index is 5.90. The van der Waals surface area contributed by atoms with Gasteiger partial charge in [-0.3, -0.25) is 0 Å². The summed E-state index contributed by atoms with van der Waals surface area (Å²) in [5, 5.41) is 8.67. The van der Waals surface area contributed by atoms with Gasteiger partial charge in [0.2, 0.25) is 0 Å². The fraction of sp³-hybridized carbons (Fsp3) is 0.455. The molecule has 0 saturated carbocycles. The van der Waals surface area contributed by atoms with E-state index in [-0.39, 0.29) is 6.04 Å². The quantitative estimate of drug-likeness (QED) is 0.612. The molecule has 0 aliphatic heterocycles. The summed E-state index contributed by atoms with van der Waals surface area (Å²) in [7, 11) is 4.12. The lowest BCUT2D eigenvalue weighted by Gasteiger charge is -2.17. The van der Waals surface area contributed by atoms with Gasteiger partial charge in [0.15, 0.2) is 5.65 Å². The Morgan fingerprint density at radius 3 is 2.79 bits per heavy atom. The van der Waals surface area contributed by atoms with Crippen molar-refractivity contribution in [1.82, 2.24) is 25.0 Å².